The molecule has 0 spiro atoms. The van der Waals surface area contributed by atoms with Crippen LogP contribution >= 0.6 is 0 Å². The van der Waals surface area contributed by atoms with Crippen molar-refractivity contribution in [2.24, 2.45) is 11.8 Å². The number of benzene rings is 3. The predicted octanol–water partition coefficient (Wildman–Crippen LogP) is 7.48. The smallest absolute Gasteiger partial charge is 0.407 e. The van der Waals surface area contributed by atoms with Gasteiger partial charge in [-0.05, 0) is 105 Å². The van der Waals surface area contributed by atoms with E-state index >= 15 is 0 Å². The summed E-state index contributed by atoms with van der Waals surface area (Å²) in [4.78, 5) is 71.1. The van der Waals surface area contributed by atoms with Crippen molar-refractivity contribution in [3.63, 3.8) is 0 Å². The molecule has 3 aromatic carbocycles. The highest BCUT2D eigenvalue weighted by atomic mass is 28.4. The second-order valence-electron chi connectivity index (χ2n) is 19.6. The summed E-state index contributed by atoms with van der Waals surface area (Å²) in [5.41, 5.74) is 1.24. The standard InChI is InChI=1S/C49H69F2N5O8Si/c1-32(2)42(45(59)52-40(30-33-14-12-11-13-15-33)44(58)55-46(60)56-24-26-62-27-25-56)54-43(57)36(28-34-16-20-37(50)21-17-34)31-41(64-65(9,10)49(6,7)8)39(53-47(61)63-48(3,4)5)29-35-18-22-38(51)23-19-35/h11-23,32,36,39-42H,24-31H2,1-10H3,(H,52,59)(H,53,61)(H,54,57)(H,55,58,60). The number of carbonyl (C=O) groups is 5. The molecule has 65 heavy (non-hydrogen) atoms. The summed E-state index contributed by atoms with van der Waals surface area (Å²) in [6.07, 6.45) is -1.13. The molecular weight excluding hydrogens is 853 g/mol. The molecule has 4 rings (SSSR count). The minimum atomic E-state index is -2.68. The van der Waals surface area contributed by atoms with Gasteiger partial charge >= 0.3 is 12.1 Å². The number of carbonyl (C=O) groups excluding carboxylic acids is 5. The van der Waals surface area contributed by atoms with Crippen molar-refractivity contribution < 1.29 is 46.7 Å². The lowest BCUT2D eigenvalue weighted by Crippen LogP contribution is -2.59. The number of hydrogen-bond donors (Lipinski definition) is 4. The Hall–Kier alpha value is -5.19. The lowest BCUT2D eigenvalue weighted by molar-refractivity contribution is -0.134. The fourth-order valence-corrected chi connectivity index (χ4v) is 8.46. The molecule has 1 saturated heterocycles. The van der Waals surface area contributed by atoms with E-state index in [-0.39, 0.29) is 30.7 Å². The maximum atomic E-state index is 14.9. The van der Waals surface area contributed by atoms with Crippen LogP contribution in [0.5, 0.6) is 0 Å². The molecule has 5 atom stereocenters. The molecule has 1 aliphatic rings. The lowest BCUT2D eigenvalue weighted by Gasteiger charge is -2.42. The quantitative estimate of drug-likeness (QED) is 0.0955. The molecule has 0 saturated carbocycles. The number of nitrogens with zero attached hydrogens (tertiary/aromatic N) is 1. The first-order valence-electron chi connectivity index (χ1n) is 22.4. The molecule has 13 nitrogen and oxygen atoms in total. The molecular formula is C49H69F2N5O8Si. The first-order chi connectivity index (χ1) is 30.4. The van der Waals surface area contributed by atoms with E-state index in [1.165, 1.54) is 29.2 Å². The van der Waals surface area contributed by atoms with E-state index in [0.717, 1.165) is 5.56 Å². The van der Waals surface area contributed by atoms with Crippen LogP contribution < -0.4 is 21.3 Å². The van der Waals surface area contributed by atoms with Crippen molar-refractivity contribution in [2.75, 3.05) is 26.3 Å². The third-order valence-electron chi connectivity index (χ3n) is 11.7. The van der Waals surface area contributed by atoms with Crippen LogP contribution in [-0.2, 0) is 47.5 Å². The average molecular weight is 922 g/mol. The number of amides is 6. The van der Waals surface area contributed by atoms with Gasteiger partial charge in [0.05, 0.1) is 25.4 Å². The summed E-state index contributed by atoms with van der Waals surface area (Å²) < 4.78 is 46.5. The molecule has 4 N–H and O–H groups in total. The number of alkyl carbamates (subject to hydrolysis) is 1. The van der Waals surface area contributed by atoms with Gasteiger partial charge in [-0.1, -0.05) is 89.2 Å². The lowest BCUT2D eigenvalue weighted by atomic mass is 9.88. The van der Waals surface area contributed by atoms with Crippen LogP contribution in [0, 0.1) is 23.5 Å². The van der Waals surface area contributed by atoms with E-state index in [9.17, 15) is 32.8 Å². The fourth-order valence-electron chi connectivity index (χ4n) is 7.09. The number of imide groups is 1. The molecule has 1 fully saturated rings. The van der Waals surface area contributed by atoms with E-state index in [0.29, 0.717) is 37.4 Å². The zero-order chi connectivity index (χ0) is 48.1. The Morgan fingerprint density at radius 2 is 1.25 bits per heavy atom. The number of hydrogen-bond acceptors (Lipinski definition) is 8. The van der Waals surface area contributed by atoms with Crippen LogP contribution in [0.25, 0.3) is 0 Å². The molecule has 0 aliphatic carbocycles. The van der Waals surface area contributed by atoms with Crippen molar-refractivity contribution in [3.05, 3.63) is 107 Å². The average Bonchev–Trinajstić information content (AvgIpc) is 3.22. The van der Waals surface area contributed by atoms with Gasteiger partial charge in [0.25, 0.3) is 5.91 Å². The van der Waals surface area contributed by atoms with Crippen LogP contribution in [0.2, 0.25) is 18.1 Å². The Morgan fingerprint density at radius 1 is 0.708 bits per heavy atom. The van der Waals surface area contributed by atoms with Crippen molar-refractivity contribution in [1.82, 2.24) is 26.2 Å². The molecule has 356 valence electrons. The van der Waals surface area contributed by atoms with E-state index in [2.05, 4.69) is 55.1 Å². The van der Waals surface area contributed by atoms with Crippen LogP contribution in [-0.4, -0.2) is 99.2 Å². The minimum Gasteiger partial charge on any atom is -0.444 e. The molecule has 6 amide bonds. The Bertz CT molecular complexity index is 2040. The summed E-state index contributed by atoms with van der Waals surface area (Å²) in [5.74, 6) is -4.12. The number of halogens is 2. The zero-order valence-electron chi connectivity index (χ0n) is 39.6. The molecule has 1 heterocycles. The van der Waals surface area contributed by atoms with Gasteiger partial charge in [0.1, 0.15) is 29.3 Å². The van der Waals surface area contributed by atoms with Crippen molar-refractivity contribution >= 4 is 38.2 Å². The van der Waals surface area contributed by atoms with Gasteiger partial charge in [0.15, 0.2) is 8.32 Å². The maximum Gasteiger partial charge on any atom is 0.407 e. The van der Waals surface area contributed by atoms with Gasteiger partial charge in [0.2, 0.25) is 11.8 Å². The second kappa shape index (κ2) is 23.3. The Kier molecular flexibility index (Phi) is 18.8. The van der Waals surface area contributed by atoms with Crippen molar-refractivity contribution in [2.45, 2.75) is 129 Å². The molecule has 0 aromatic heterocycles. The highest BCUT2D eigenvalue weighted by molar-refractivity contribution is 6.74. The first-order valence-corrected chi connectivity index (χ1v) is 25.3. The predicted molar refractivity (Wildman–Crippen MR) is 248 cm³/mol. The van der Waals surface area contributed by atoms with E-state index in [4.69, 9.17) is 13.9 Å². The van der Waals surface area contributed by atoms with Gasteiger partial charge in [0, 0.05) is 25.4 Å². The summed E-state index contributed by atoms with van der Waals surface area (Å²) in [5, 5.41) is 10.9. The molecule has 16 heteroatoms. The normalized spacial score (nSPS) is 15.8. The van der Waals surface area contributed by atoms with Gasteiger partial charge in [-0.3, -0.25) is 19.7 Å². The van der Waals surface area contributed by atoms with Crippen molar-refractivity contribution in [3.8, 4) is 0 Å². The van der Waals surface area contributed by atoms with Gasteiger partial charge < -0.3 is 34.8 Å². The minimum absolute atomic E-state index is 0.0342. The molecule has 5 unspecified atom stereocenters. The molecule has 1 aliphatic heterocycles. The third kappa shape index (κ3) is 17.0. The summed E-state index contributed by atoms with van der Waals surface area (Å²) in [6.45, 7) is 20.4. The number of ether oxygens (including phenoxy) is 2. The Labute approximate surface area is 384 Å². The van der Waals surface area contributed by atoms with Gasteiger partial charge in [-0.15, -0.1) is 0 Å². The Morgan fingerprint density at radius 3 is 1.77 bits per heavy atom. The monoisotopic (exact) mass is 921 g/mol. The first kappa shape index (κ1) is 52.4. The van der Waals surface area contributed by atoms with E-state index in [1.807, 2.05) is 6.07 Å². The SMILES string of the molecule is CC(C)C(NC(=O)C(Cc1ccc(F)cc1)CC(O[Si](C)(C)C(C)(C)C)C(Cc1ccc(F)cc1)NC(=O)OC(C)(C)C)C(=O)NC(Cc1ccccc1)C(=O)NC(=O)N1CCOCC1. The van der Waals surface area contributed by atoms with Gasteiger partial charge in [-0.25, -0.2) is 18.4 Å². The molecule has 3 aromatic rings. The number of rotatable bonds is 18. The maximum absolute atomic E-state index is 14.9. The number of morpholine rings is 1. The zero-order valence-corrected chi connectivity index (χ0v) is 40.6. The molecule has 0 bridgehead atoms. The third-order valence-corrected chi connectivity index (χ3v) is 16.3. The Balaban J connectivity index is 1.71. The van der Waals surface area contributed by atoms with Crippen molar-refractivity contribution in [1.29, 1.82) is 0 Å². The topological polar surface area (TPSA) is 164 Å². The largest absolute Gasteiger partial charge is 0.444 e. The highest BCUT2D eigenvalue weighted by Crippen LogP contribution is 2.39. The van der Waals surface area contributed by atoms with Gasteiger partial charge in [-0.2, -0.15) is 0 Å². The molecule has 0 radical (unpaired) electrons. The fraction of sp³-hybridized carbons (Fsp3) is 0.531. The number of urea groups is 1. The second-order valence-corrected chi connectivity index (χ2v) is 24.4. The van der Waals surface area contributed by atoms with E-state index in [1.54, 1.807) is 83.1 Å². The van der Waals surface area contributed by atoms with E-state index < -0.39 is 91.5 Å². The van der Waals surface area contributed by atoms with Crippen LogP contribution in [0.4, 0.5) is 18.4 Å². The summed E-state index contributed by atoms with van der Waals surface area (Å²) in [7, 11) is -2.68. The van der Waals surface area contributed by atoms with Crippen LogP contribution in [0.15, 0.2) is 78.9 Å². The van der Waals surface area contributed by atoms with Crippen LogP contribution in [0.1, 0.15) is 78.5 Å². The van der Waals surface area contributed by atoms with Crippen LogP contribution in [0.3, 0.4) is 0 Å². The summed E-state index contributed by atoms with van der Waals surface area (Å²) >= 11 is 0. The summed E-state index contributed by atoms with van der Waals surface area (Å²) in [6, 6.07) is 17.1. The highest BCUT2D eigenvalue weighted by Gasteiger charge is 2.43. The number of nitrogens with one attached hydrogen (secondary N) is 4.